The number of urea groups is 1. The fraction of sp³-hybridized carbons (Fsp3) is 0.579. The molecular weight excluding hydrogens is 304 g/mol. The first-order valence-electron chi connectivity index (χ1n) is 8.93. The van der Waals surface area contributed by atoms with Crippen LogP contribution in [0.4, 0.5) is 4.79 Å². The zero-order valence-corrected chi connectivity index (χ0v) is 14.0. The first-order chi connectivity index (χ1) is 11.6. The van der Waals surface area contributed by atoms with E-state index >= 15 is 0 Å². The Balaban J connectivity index is 1.58. The topological polar surface area (TPSA) is 69.6 Å². The highest BCUT2D eigenvalue weighted by atomic mass is 16.4. The summed E-state index contributed by atoms with van der Waals surface area (Å²) in [5.41, 5.74) is 1.12. The molecule has 1 aliphatic carbocycles. The molecule has 1 heterocycles. The highest BCUT2D eigenvalue weighted by Crippen LogP contribution is 2.37. The van der Waals surface area contributed by atoms with Crippen LogP contribution >= 0.6 is 0 Å². The van der Waals surface area contributed by atoms with Gasteiger partial charge in [0.15, 0.2) is 0 Å². The van der Waals surface area contributed by atoms with Crippen LogP contribution in [0.25, 0.3) is 0 Å². The number of aliphatic carboxylic acids is 1. The van der Waals surface area contributed by atoms with Crippen LogP contribution in [0.1, 0.15) is 37.7 Å². The van der Waals surface area contributed by atoms with E-state index in [9.17, 15) is 9.59 Å². The van der Waals surface area contributed by atoms with Crippen LogP contribution in [-0.4, -0.2) is 41.1 Å². The number of likely N-dealkylation sites (tertiary alicyclic amines) is 1. The molecule has 3 atom stereocenters. The van der Waals surface area contributed by atoms with Gasteiger partial charge in [-0.25, -0.2) is 4.79 Å². The van der Waals surface area contributed by atoms with E-state index in [-0.39, 0.29) is 18.5 Å². The minimum Gasteiger partial charge on any atom is -0.481 e. The van der Waals surface area contributed by atoms with Crippen LogP contribution in [0, 0.1) is 11.8 Å². The Labute approximate surface area is 143 Å². The third-order valence-corrected chi connectivity index (χ3v) is 5.37. The second-order valence-corrected chi connectivity index (χ2v) is 7.12. The average molecular weight is 330 g/mol. The fourth-order valence-electron chi connectivity index (χ4n) is 4.09. The SMILES string of the molecule is O=C(O)CCC(Cc1ccccc1)NC(=O)N1CC2CCCC2C1. The molecule has 1 aliphatic heterocycles. The van der Waals surface area contributed by atoms with Crippen LogP contribution in [0.5, 0.6) is 0 Å². The predicted molar refractivity (Wildman–Crippen MR) is 91.7 cm³/mol. The van der Waals surface area contributed by atoms with Crippen molar-refractivity contribution >= 4 is 12.0 Å². The molecule has 3 unspecified atom stereocenters. The summed E-state index contributed by atoms with van der Waals surface area (Å²) in [5.74, 6) is 0.516. The molecule has 0 bridgehead atoms. The van der Waals surface area contributed by atoms with Crippen molar-refractivity contribution in [1.29, 1.82) is 0 Å². The van der Waals surface area contributed by atoms with Crippen LogP contribution < -0.4 is 5.32 Å². The first kappa shape index (κ1) is 16.8. The van der Waals surface area contributed by atoms with Gasteiger partial charge in [0, 0.05) is 25.6 Å². The Morgan fingerprint density at radius 1 is 1.17 bits per heavy atom. The van der Waals surface area contributed by atoms with Crippen LogP contribution in [0.3, 0.4) is 0 Å². The van der Waals surface area contributed by atoms with Gasteiger partial charge in [0.05, 0.1) is 0 Å². The number of nitrogens with one attached hydrogen (secondary N) is 1. The molecule has 130 valence electrons. The maximum Gasteiger partial charge on any atom is 0.317 e. The molecule has 2 amide bonds. The van der Waals surface area contributed by atoms with Gasteiger partial charge in [0.25, 0.3) is 0 Å². The van der Waals surface area contributed by atoms with Gasteiger partial charge >= 0.3 is 12.0 Å². The Kier molecular flexibility index (Phi) is 5.38. The number of carbonyl (C=O) groups is 2. The molecule has 0 radical (unpaired) electrons. The lowest BCUT2D eigenvalue weighted by molar-refractivity contribution is -0.137. The largest absolute Gasteiger partial charge is 0.481 e. The summed E-state index contributed by atoms with van der Waals surface area (Å²) in [6.45, 7) is 1.71. The quantitative estimate of drug-likeness (QED) is 0.842. The van der Waals surface area contributed by atoms with Gasteiger partial charge in [0.1, 0.15) is 0 Å². The van der Waals surface area contributed by atoms with E-state index in [2.05, 4.69) is 5.32 Å². The third-order valence-electron chi connectivity index (χ3n) is 5.37. The van der Waals surface area contributed by atoms with Crippen LogP contribution in [0.15, 0.2) is 30.3 Å². The van der Waals surface area contributed by atoms with Crippen molar-refractivity contribution < 1.29 is 14.7 Å². The van der Waals surface area contributed by atoms with Crippen molar-refractivity contribution in [1.82, 2.24) is 10.2 Å². The first-order valence-corrected chi connectivity index (χ1v) is 8.93. The van der Waals surface area contributed by atoms with E-state index in [4.69, 9.17) is 5.11 Å². The van der Waals surface area contributed by atoms with Crippen LogP contribution in [-0.2, 0) is 11.2 Å². The van der Waals surface area contributed by atoms with Gasteiger partial charge in [-0.15, -0.1) is 0 Å². The Hall–Kier alpha value is -2.04. The van der Waals surface area contributed by atoms with Gasteiger partial charge in [0.2, 0.25) is 0 Å². The lowest BCUT2D eigenvalue weighted by atomic mass is 10.0. The predicted octanol–water partition coefficient (Wildman–Crippen LogP) is 2.90. The number of rotatable bonds is 6. The molecule has 0 aromatic heterocycles. The zero-order chi connectivity index (χ0) is 16.9. The average Bonchev–Trinajstić information content (AvgIpc) is 3.15. The summed E-state index contributed by atoms with van der Waals surface area (Å²) in [6, 6.07) is 9.74. The smallest absolute Gasteiger partial charge is 0.317 e. The van der Waals surface area contributed by atoms with Crippen molar-refractivity contribution in [2.45, 2.75) is 44.6 Å². The second-order valence-electron chi connectivity index (χ2n) is 7.12. The third kappa shape index (κ3) is 4.28. The van der Waals surface area contributed by atoms with Crippen molar-refractivity contribution in [3.8, 4) is 0 Å². The lowest BCUT2D eigenvalue weighted by Gasteiger charge is -2.24. The van der Waals surface area contributed by atoms with E-state index < -0.39 is 5.97 Å². The van der Waals surface area contributed by atoms with Gasteiger partial charge in [-0.05, 0) is 43.1 Å². The Morgan fingerprint density at radius 3 is 2.46 bits per heavy atom. The molecule has 1 saturated heterocycles. The lowest BCUT2D eigenvalue weighted by Crippen LogP contribution is -2.45. The highest BCUT2D eigenvalue weighted by molar-refractivity contribution is 5.75. The number of amides is 2. The fourth-order valence-corrected chi connectivity index (χ4v) is 4.09. The van der Waals surface area contributed by atoms with Crippen molar-refractivity contribution in [3.63, 3.8) is 0 Å². The van der Waals surface area contributed by atoms with E-state index in [0.717, 1.165) is 18.7 Å². The number of hydrogen-bond acceptors (Lipinski definition) is 2. The molecule has 5 heteroatoms. The van der Waals surface area contributed by atoms with Crippen molar-refractivity contribution in [2.75, 3.05) is 13.1 Å². The number of carboxylic acid groups (broad SMARTS) is 1. The minimum atomic E-state index is -0.821. The molecule has 3 rings (SSSR count). The normalized spacial score (nSPS) is 23.8. The van der Waals surface area contributed by atoms with Gasteiger partial charge in [-0.3, -0.25) is 4.79 Å². The van der Waals surface area contributed by atoms with E-state index in [1.165, 1.54) is 19.3 Å². The summed E-state index contributed by atoms with van der Waals surface area (Å²) in [5, 5.41) is 12.0. The summed E-state index contributed by atoms with van der Waals surface area (Å²) >= 11 is 0. The number of carboxylic acids is 1. The minimum absolute atomic E-state index is 0.0317. The summed E-state index contributed by atoms with van der Waals surface area (Å²) in [4.78, 5) is 25.4. The van der Waals surface area contributed by atoms with Crippen LogP contribution in [0.2, 0.25) is 0 Å². The number of nitrogens with zero attached hydrogens (tertiary/aromatic N) is 1. The standard InChI is InChI=1S/C19H26N2O3/c22-18(23)10-9-17(11-14-5-2-1-3-6-14)20-19(24)21-12-15-7-4-8-16(15)13-21/h1-3,5-6,15-17H,4,7-13H2,(H,20,24)(H,22,23). The van der Waals surface area contributed by atoms with Crippen molar-refractivity contribution in [3.05, 3.63) is 35.9 Å². The summed E-state index contributed by atoms with van der Waals surface area (Å²) < 4.78 is 0. The van der Waals surface area contributed by atoms with E-state index in [1.54, 1.807) is 0 Å². The van der Waals surface area contributed by atoms with Gasteiger partial charge < -0.3 is 15.3 Å². The Morgan fingerprint density at radius 2 is 1.83 bits per heavy atom. The van der Waals surface area contributed by atoms with E-state index in [0.29, 0.717) is 24.7 Å². The summed E-state index contributed by atoms with van der Waals surface area (Å²) in [7, 11) is 0. The summed E-state index contributed by atoms with van der Waals surface area (Å²) in [6.07, 6.45) is 4.96. The molecule has 1 saturated carbocycles. The van der Waals surface area contributed by atoms with Gasteiger partial charge in [-0.2, -0.15) is 0 Å². The number of carbonyl (C=O) groups excluding carboxylic acids is 1. The van der Waals surface area contributed by atoms with Gasteiger partial charge in [-0.1, -0.05) is 36.8 Å². The highest BCUT2D eigenvalue weighted by Gasteiger charge is 2.38. The molecular formula is C19H26N2O3. The number of benzene rings is 1. The molecule has 24 heavy (non-hydrogen) atoms. The molecule has 5 nitrogen and oxygen atoms in total. The van der Waals surface area contributed by atoms with Crippen molar-refractivity contribution in [2.24, 2.45) is 11.8 Å². The number of fused-ring (bicyclic) bond motifs is 1. The number of hydrogen-bond donors (Lipinski definition) is 2. The molecule has 1 aromatic carbocycles. The Bertz CT molecular complexity index is 563. The van der Waals surface area contributed by atoms with E-state index in [1.807, 2.05) is 35.2 Å². The maximum atomic E-state index is 12.6. The molecule has 1 aromatic rings. The monoisotopic (exact) mass is 330 g/mol. The molecule has 2 N–H and O–H groups in total. The zero-order valence-electron chi connectivity index (χ0n) is 14.0. The second kappa shape index (κ2) is 7.69. The maximum absolute atomic E-state index is 12.6. The molecule has 0 spiro atoms. The molecule has 2 aliphatic rings. The molecule has 2 fully saturated rings.